The molecule has 0 amide bonds. The van der Waals surface area contributed by atoms with Crippen molar-refractivity contribution in [3.8, 4) is 5.75 Å². The Morgan fingerprint density at radius 3 is 2.45 bits per heavy atom. The number of nitrogens with two attached hydrogens (primary N) is 2. The van der Waals surface area contributed by atoms with Gasteiger partial charge in [0.15, 0.2) is 0 Å². The Kier molecular flexibility index (Phi) is 4.65. The van der Waals surface area contributed by atoms with E-state index in [2.05, 4.69) is 9.97 Å². The fourth-order valence-corrected chi connectivity index (χ4v) is 3.58. The van der Waals surface area contributed by atoms with Crippen molar-refractivity contribution < 1.29 is 8.95 Å². The number of hydrogen-bond donors (Lipinski definition) is 2. The van der Waals surface area contributed by atoms with E-state index in [-0.39, 0.29) is 17.7 Å². The van der Waals surface area contributed by atoms with Crippen LogP contribution in [-0.2, 0) is 10.8 Å². The van der Waals surface area contributed by atoms with Crippen LogP contribution in [0.25, 0.3) is 0 Å². The molecule has 0 saturated carbocycles. The molecule has 118 valence electrons. The lowest BCUT2D eigenvalue weighted by molar-refractivity contribution is 0.410. The Hall–Kier alpha value is -2.15. The molecule has 1 atom stereocenters. The standard InChI is InChI=1S/C15H20N4O2S/c1-8(2)10-6-11(21-4)9(3)5-12(10)22(20)13-7-18-15(17)19-14(13)16/h5-8H,1-4H3,(H4,16,17,18,19). The molecule has 0 aliphatic carbocycles. The first-order chi connectivity index (χ1) is 10.3. The van der Waals surface area contributed by atoms with Crippen LogP contribution in [0.15, 0.2) is 28.1 Å². The monoisotopic (exact) mass is 320 g/mol. The molecule has 2 aromatic rings. The lowest BCUT2D eigenvalue weighted by Gasteiger charge is -2.16. The van der Waals surface area contributed by atoms with Gasteiger partial charge in [-0.05, 0) is 36.1 Å². The number of nitrogen functional groups attached to an aromatic ring is 2. The van der Waals surface area contributed by atoms with Gasteiger partial charge in [-0.15, -0.1) is 0 Å². The fraction of sp³-hybridized carbons (Fsp3) is 0.333. The highest BCUT2D eigenvalue weighted by atomic mass is 32.2. The molecule has 0 fully saturated rings. The van der Waals surface area contributed by atoms with Gasteiger partial charge in [0, 0.05) is 4.90 Å². The first kappa shape index (κ1) is 16.2. The Bertz CT molecular complexity index is 732. The summed E-state index contributed by atoms with van der Waals surface area (Å²) in [7, 11) is 0.140. The quantitative estimate of drug-likeness (QED) is 0.895. The molecule has 0 spiro atoms. The third kappa shape index (κ3) is 3.04. The molecule has 2 rings (SSSR count). The Morgan fingerprint density at radius 2 is 1.91 bits per heavy atom. The number of benzene rings is 1. The minimum Gasteiger partial charge on any atom is -0.496 e. The van der Waals surface area contributed by atoms with E-state index in [1.165, 1.54) is 6.20 Å². The lowest BCUT2D eigenvalue weighted by atomic mass is 10.0. The molecule has 1 heterocycles. The van der Waals surface area contributed by atoms with Crippen molar-refractivity contribution in [1.82, 2.24) is 9.97 Å². The summed E-state index contributed by atoms with van der Waals surface area (Å²) in [6.45, 7) is 5.98. The first-order valence-corrected chi connectivity index (χ1v) is 7.98. The van der Waals surface area contributed by atoms with Gasteiger partial charge in [0.25, 0.3) is 0 Å². The number of rotatable bonds is 4. The second-order valence-corrected chi connectivity index (χ2v) is 6.68. The normalized spacial score (nSPS) is 12.4. The van der Waals surface area contributed by atoms with Gasteiger partial charge in [-0.2, -0.15) is 4.98 Å². The first-order valence-electron chi connectivity index (χ1n) is 6.83. The van der Waals surface area contributed by atoms with E-state index in [0.29, 0.717) is 9.79 Å². The van der Waals surface area contributed by atoms with Crippen LogP contribution in [0.2, 0.25) is 0 Å². The summed E-state index contributed by atoms with van der Waals surface area (Å²) in [4.78, 5) is 8.81. The van der Waals surface area contributed by atoms with Gasteiger partial charge in [-0.1, -0.05) is 13.8 Å². The zero-order valence-corrected chi connectivity index (χ0v) is 13.9. The van der Waals surface area contributed by atoms with Crippen LogP contribution >= 0.6 is 0 Å². The smallest absolute Gasteiger partial charge is 0.221 e. The SMILES string of the molecule is COc1cc(C(C)C)c(S(=O)c2cnc(N)nc2N)cc1C. The van der Waals surface area contributed by atoms with Crippen LogP contribution < -0.4 is 16.2 Å². The van der Waals surface area contributed by atoms with Crippen LogP contribution in [0.5, 0.6) is 5.75 Å². The maximum Gasteiger partial charge on any atom is 0.221 e. The zero-order chi connectivity index (χ0) is 16.4. The summed E-state index contributed by atoms with van der Waals surface area (Å²) in [5.74, 6) is 1.15. The number of nitrogens with zero attached hydrogens (tertiary/aromatic N) is 2. The van der Waals surface area contributed by atoms with Crippen molar-refractivity contribution in [2.45, 2.75) is 36.5 Å². The number of methoxy groups -OCH3 is 1. The van der Waals surface area contributed by atoms with Crippen LogP contribution in [0, 0.1) is 6.92 Å². The second kappa shape index (κ2) is 6.31. The van der Waals surface area contributed by atoms with Crippen molar-refractivity contribution >= 4 is 22.6 Å². The number of aromatic nitrogens is 2. The Balaban J connectivity index is 2.60. The summed E-state index contributed by atoms with van der Waals surface area (Å²) < 4.78 is 18.3. The maximum atomic E-state index is 12.9. The fourth-order valence-electron chi connectivity index (χ4n) is 2.17. The van der Waals surface area contributed by atoms with Crippen molar-refractivity contribution in [1.29, 1.82) is 0 Å². The van der Waals surface area contributed by atoms with E-state index >= 15 is 0 Å². The number of anilines is 2. The van der Waals surface area contributed by atoms with Gasteiger partial charge >= 0.3 is 0 Å². The third-order valence-corrected chi connectivity index (χ3v) is 4.82. The van der Waals surface area contributed by atoms with E-state index in [1.807, 2.05) is 32.9 Å². The van der Waals surface area contributed by atoms with Gasteiger partial charge in [-0.3, -0.25) is 0 Å². The van der Waals surface area contributed by atoms with E-state index in [1.54, 1.807) is 7.11 Å². The summed E-state index contributed by atoms with van der Waals surface area (Å²) in [5, 5.41) is 0. The molecule has 6 nitrogen and oxygen atoms in total. The zero-order valence-electron chi connectivity index (χ0n) is 13.1. The maximum absolute atomic E-state index is 12.9. The summed E-state index contributed by atoms with van der Waals surface area (Å²) in [6.07, 6.45) is 1.41. The molecule has 1 aromatic carbocycles. The number of ether oxygens (including phenoxy) is 1. The molecular weight excluding hydrogens is 300 g/mol. The molecule has 0 bridgehead atoms. The predicted molar refractivity (Wildman–Crippen MR) is 87.4 cm³/mol. The molecule has 0 aliphatic rings. The minimum atomic E-state index is -1.48. The van der Waals surface area contributed by atoms with Gasteiger partial charge in [0.05, 0.1) is 24.1 Å². The predicted octanol–water partition coefficient (Wildman–Crippen LogP) is 2.25. The highest BCUT2D eigenvalue weighted by Crippen LogP contribution is 2.33. The van der Waals surface area contributed by atoms with Gasteiger partial charge in [-0.25, -0.2) is 9.19 Å². The topological polar surface area (TPSA) is 104 Å². The van der Waals surface area contributed by atoms with Crippen molar-refractivity contribution in [2.24, 2.45) is 0 Å². The van der Waals surface area contributed by atoms with Gasteiger partial charge in [0.1, 0.15) is 16.5 Å². The molecule has 4 N–H and O–H groups in total. The average Bonchev–Trinajstić information content (AvgIpc) is 2.46. The van der Waals surface area contributed by atoms with Crippen molar-refractivity contribution in [2.75, 3.05) is 18.6 Å². The van der Waals surface area contributed by atoms with Crippen LogP contribution in [0.3, 0.4) is 0 Å². The Labute approximate surface area is 132 Å². The summed E-state index contributed by atoms with van der Waals surface area (Å²) >= 11 is 0. The lowest BCUT2D eigenvalue weighted by Crippen LogP contribution is -2.08. The molecule has 7 heteroatoms. The Morgan fingerprint density at radius 1 is 1.23 bits per heavy atom. The average molecular weight is 320 g/mol. The highest BCUT2D eigenvalue weighted by molar-refractivity contribution is 7.85. The van der Waals surface area contributed by atoms with Crippen LogP contribution in [0.1, 0.15) is 30.9 Å². The van der Waals surface area contributed by atoms with Crippen LogP contribution in [0.4, 0.5) is 11.8 Å². The third-order valence-electron chi connectivity index (χ3n) is 3.35. The van der Waals surface area contributed by atoms with Crippen molar-refractivity contribution in [3.05, 3.63) is 29.5 Å². The molecule has 1 unspecified atom stereocenters. The van der Waals surface area contributed by atoms with Gasteiger partial charge in [0.2, 0.25) is 5.95 Å². The number of aryl methyl sites for hydroxylation is 1. The van der Waals surface area contributed by atoms with E-state index in [0.717, 1.165) is 16.9 Å². The van der Waals surface area contributed by atoms with E-state index in [9.17, 15) is 4.21 Å². The highest BCUT2D eigenvalue weighted by Gasteiger charge is 2.20. The summed E-state index contributed by atoms with van der Waals surface area (Å²) in [6, 6.07) is 3.78. The second-order valence-electron chi connectivity index (χ2n) is 5.26. The van der Waals surface area contributed by atoms with E-state index in [4.69, 9.17) is 16.2 Å². The molecule has 1 aromatic heterocycles. The molecule has 0 radical (unpaired) electrons. The molecular formula is C15H20N4O2S. The van der Waals surface area contributed by atoms with Crippen LogP contribution in [-0.4, -0.2) is 21.3 Å². The van der Waals surface area contributed by atoms with E-state index < -0.39 is 10.8 Å². The van der Waals surface area contributed by atoms with Crippen molar-refractivity contribution in [3.63, 3.8) is 0 Å². The molecule has 0 aliphatic heterocycles. The summed E-state index contributed by atoms with van der Waals surface area (Å²) in [5.41, 5.74) is 13.2. The molecule has 22 heavy (non-hydrogen) atoms. The minimum absolute atomic E-state index is 0.0632. The number of hydrogen-bond acceptors (Lipinski definition) is 6. The van der Waals surface area contributed by atoms with Gasteiger partial charge < -0.3 is 16.2 Å². The largest absolute Gasteiger partial charge is 0.496 e. The molecule has 0 saturated heterocycles.